The topological polar surface area (TPSA) is 80.9 Å². The summed E-state index contributed by atoms with van der Waals surface area (Å²) in [5.74, 6) is -0.654. The van der Waals surface area contributed by atoms with Crippen LogP contribution in [0.15, 0.2) is 73.2 Å². The molecule has 0 aliphatic carbocycles. The number of carbonyl (C=O) groups excluding carboxylic acids is 1. The number of nitrogens with two attached hydrogens (primary N) is 1. The number of nitrogen functional groups attached to an aromatic ring is 1. The Morgan fingerprint density at radius 1 is 1.07 bits per heavy atom. The van der Waals surface area contributed by atoms with Gasteiger partial charge in [0.05, 0.1) is 22.6 Å². The first-order valence-corrected chi connectivity index (χ1v) is 8.74. The summed E-state index contributed by atoms with van der Waals surface area (Å²) in [6, 6.07) is 15.4. The van der Waals surface area contributed by atoms with Crippen LogP contribution in [0.25, 0.3) is 10.8 Å². The molecule has 0 aliphatic rings. The molecule has 28 heavy (non-hydrogen) atoms. The van der Waals surface area contributed by atoms with Crippen molar-refractivity contribution in [2.75, 3.05) is 11.1 Å². The van der Waals surface area contributed by atoms with Crippen molar-refractivity contribution in [2.45, 2.75) is 6.42 Å². The fraction of sp³-hybridized carbons (Fsp3) is 0.0455. The number of fused-ring (bicyclic) bond motifs is 1. The van der Waals surface area contributed by atoms with Gasteiger partial charge in [0.15, 0.2) is 0 Å². The van der Waals surface area contributed by atoms with Crippen molar-refractivity contribution >= 4 is 28.1 Å². The van der Waals surface area contributed by atoms with Crippen molar-refractivity contribution in [3.05, 3.63) is 95.8 Å². The predicted octanol–water partition coefficient (Wildman–Crippen LogP) is 4.19. The van der Waals surface area contributed by atoms with Gasteiger partial charge in [0.1, 0.15) is 5.82 Å². The lowest BCUT2D eigenvalue weighted by atomic mass is 10.1. The maximum atomic E-state index is 13.5. The van der Waals surface area contributed by atoms with Crippen LogP contribution in [-0.2, 0) is 6.42 Å². The molecule has 0 aliphatic heterocycles. The molecule has 3 N–H and O–H groups in total. The number of halogens is 1. The zero-order chi connectivity index (χ0) is 19.5. The first-order chi connectivity index (χ1) is 13.6. The van der Waals surface area contributed by atoms with E-state index in [0.717, 1.165) is 16.3 Å². The van der Waals surface area contributed by atoms with E-state index in [1.165, 1.54) is 18.3 Å². The minimum atomic E-state index is -0.329. The number of anilines is 2. The van der Waals surface area contributed by atoms with Crippen LogP contribution in [0, 0.1) is 5.82 Å². The smallest absolute Gasteiger partial charge is 0.257 e. The molecule has 0 atom stereocenters. The summed E-state index contributed by atoms with van der Waals surface area (Å²) in [5, 5.41) is 4.53. The number of nitrogens with one attached hydrogen (secondary N) is 1. The van der Waals surface area contributed by atoms with E-state index in [9.17, 15) is 9.18 Å². The molecule has 0 saturated heterocycles. The van der Waals surface area contributed by atoms with Crippen molar-refractivity contribution in [3.8, 4) is 0 Å². The number of amides is 1. The molecule has 0 fully saturated rings. The summed E-state index contributed by atoms with van der Waals surface area (Å²) in [5.41, 5.74) is 8.65. The van der Waals surface area contributed by atoms with Gasteiger partial charge < -0.3 is 11.1 Å². The Morgan fingerprint density at radius 2 is 1.93 bits per heavy atom. The highest BCUT2D eigenvalue weighted by Crippen LogP contribution is 2.26. The van der Waals surface area contributed by atoms with Gasteiger partial charge in [-0.3, -0.25) is 14.8 Å². The van der Waals surface area contributed by atoms with Gasteiger partial charge in [-0.1, -0.05) is 36.4 Å². The molecule has 0 spiro atoms. The molecule has 2 heterocycles. The van der Waals surface area contributed by atoms with Crippen LogP contribution in [0.2, 0.25) is 0 Å². The van der Waals surface area contributed by atoms with Crippen molar-refractivity contribution in [1.29, 1.82) is 0 Å². The van der Waals surface area contributed by atoms with Crippen molar-refractivity contribution in [3.63, 3.8) is 0 Å². The molecule has 1 amide bonds. The highest BCUT2D eigenvalue weighted by atomic mass is 19.1. The Bertz CT molecular complexity index is 1170. The van der Waals surface area contributed by atoms with Gasteiger partial charge in [0, 0.05) is 30.4 Å². The molecule has 2 aromatic heterocycles. The number of pyridine rings is 2. The Labute approximate surface area is 161 Å². The number of hydrogen-bond acceptors (Lipinski definition) is 4. The molecule has 0 saturated carbocycles. The predicted molar refractivity (Wildman–Crippen MR) is 108 cm³/mol. The molecule has 0 unspecified atom stereocenters. The second-order valence-electron chi connectivity index (χ2n) is 6.39. The average Bonchev–Trinajstić information content (AvgIpc) is 2.70. The first-order valence-electron chi connectivity index (χ1n) is 8.74. The normalized spacial score (nSPS) is 10.8. The van der Waals surface area contributed by atoms with E-state index in [2.05, 4.69) is 15.3 Å². The lowest BCUT2D eigenvalue weighted by molar-refractivity contribution is 0.102. The second-order valence-corrected chi connectivity index (χ2v) is 6.39. The highest BCUT2D eigenvalue weighted by Gasteiger charge is 2.16. The van der Waals surface area contributed by atoms with Crippen LogP contribution in [-0.4, -0.2) is 15.9 Å². The number of carbonyl (C=O) groups is 1. The number of benzene rings is 2. The third-order valence-electron chi connectivity index (χ3n) is 4.47. The van der Waals surface area contributed by atoms with E-state index in [1.54, 1.807) is 30.6 Å². The SMILES string of the molecule is Nc1ccnc(Cc2cccc(F)c2)c1NC(=O)c1cncc2ccccc12. The number of rotatable bonds is 4. The van der Waals surface area contributed by atoms with Gasteiger partial charge in [0.25, 0.3) is 5.91 Å². The average molecular weight is 372 g/mol. The standard InChI is InChI=1S/C22H17FN4O/c23-16-6-3-4-14(10-16)11-20-21(19(24)8-9-26-20)27-22(28)18-13-25-12-15-5-1-2-7-17(15)18/h1-10,12-13H,11H2,(H2,24,26)(H,27,28). The fourth-order valence-electron chi connectivity index (χ4n) is 3.12. The van der Waals surface area contributed by atoms with Gasteiger partial charge in [-0.2, -0.15) is 0 Å². The molecular weight excluding hydrogens is 355 g/mol. The van der Waals surface area contributed by atoms with Gasteiger partial charge in [0.2, 0.25) is 0 Å². The third kappa shape index (κ3) is 3.53. The lowest BCUT2D eigenvalue weighted by Gasteiger charge is -2.14. The molecule has 0 radical (unpaired) electrons. The van der Waals surface area contributed by atoms with Gasteiger partial charge in [-0.15, -0.1) is 0 Å². The van der Waals surface area contributed by atoms with E-state index in [1.807, 2.05) is 24.3 Å². The third-order valence-corrected chi connectivity index (χ3v) is 4.47. The van der Waals surface area contributed by atoms with E-state index in [0.29, 0.717) is 29.1 Å². The Hall–Kier alpha value is -3.80. The van der Waals surface area contributed by atoms with Crippen LogP contribution in [0.1, 0.15) is 21.6 Å². The molecule has 5 nitrogen and oxygen atoms in total. The van der Waals surface area contributed by atoms with Crippen molar-refractivity contribution in [2.24, 2.45) is 0 Å². The molecule has 2 aromatic carbocycles. The van der Waals surface area contributed by atoms with Crippen LogP contribution in [0.5, 0.6) is 0 Å². The number of aromatic nitrogens is 2. The highest BCUT2D eigenvalue weighted by molar-refractivity contribution is 6.13. The zero-order valence-corrected chi connectivity index (χ0v) is 14.9. The molecule has 4 aromatic rings. The van der Waals surface area contributed by atoms with Gasteiger partial charge >= 0.3 is 0 Å². The summed E-state index contributed by atoms with van der Waals surface area (Å²) >= 11 is 0. The van der Waals surface area contributed by atoms with Crippen molar-refractivity contribution in [1.82, 2.24) is 9.97 Å². The number of nitrogens with zero attached hydrogens (tertiary/aromatic N) is 2. The van der Waals surface area contributed by atoms with E-state index < -0.39 is 0 Å². The summed E-state index contributed by atoms with van der Waals surface area (Å²) in [7, 11) is 0. The van der Waals surface area contributed by atoms with E-state index in [-0.39, 0.29) is 11.7 Å². The summed E-state index contributed by atoms with van der Waals surface area (Å²) in [4.78, 5) is 21.4. The Balaban J connectivity index is 1.68. The van der Waals surface area contributed by atoms with Crippen molar-refractivity contribution < 1.29 is 9.18 Å². The van der Waals surface area contributed by atoms with Crippen LogP contribution >= 0.6 is 0 Å². The Kier molecular flexibility index (Phi) is 4.68. The number of hydrogen-bond donors (Lipinski definition) is 2. The summed E-state index contributed by atoms with van der Waals surface area (Å²) in [6.45, 7) is 0. The zero-order valence-electron chi connectivity index (χ0n) is 14.9. The maximum absolute atomic E-state index is 13.5. The molecule has 6 heteroatoms. The lowest BCUT2D eigenvalue weighted by Crippen LogP contribution is -2.16. The molecule has 4 rings (SSSR count). The summed E-state index contributed by atoms with van der Waals surface area (Å²) < 4.78 is 13.5. The van der Waals surface area contributed by atoms with Crippen LogP contribution in [0.3, 0.4) is 0 Å². The van der Waals surface area contributed by atoms with Crippen LogP contribution in [0.4, 0.5) is 15.8 Å². The van der Waals surface area contributed by atoms with E-state index >= 15 is 0 Å². The van der Waals surface area contributed by atoms with Gasteiger partial charge in [-0.25, -0.2) is 4.39 Å². The van der Waals surface area contributed by atoms with Crippen LogP contribution < -0.4 is 11.1 Å². The molecule has 138 valence electrons. The minimum Gasteiger partial charge on any atom is -0.397 e. The maximum Gasteiger partial charge on any atom is 0.257 e. The minimum absolute atomic E-state index is 0.325. The quantitative estimate of drug-likeness (QED) is 0.563. The summed E-state index contributed by atoms with van der Waals surface area (Å²) in [6.07, 6.45) is 5.14. The molecular formula is C22H17FN4O. The van der Waals surface area contributed by atoms with E-state index in [4.69, 9.17) is 5.73 Å². The monoisotopic (exact) mass is 372 g/mol. The second kappa shape index (κ2) is 7.44. The Morgan fingerprint density at radius 3 is 2.79 bits per heavy atom. The molecule has 0 bridgehead atoms. The fourth-order valence-corrected chi connectivity index (χ4v) is 3.12. The first kappa shape index (κ1) is 17.6. The largest absolute Gasteiger partial charge is 0.397 e. The van der Waals surface area contributed by atoms with Gasteiger partial charge in [-0.05, 0) is 29.1 Å².